The third kappa shape index (κ3) is 3.47. The Hall–Kier alpha value is -1.88. The van der Waals surface area contributed by atoms with E-state index in [0.29, 0.717) is 22.5 Å². The summed E-state index contributed by atoms with van der Waals surface area (Å²) in [5.41, 5.74) is 2.70. The van der Waals surface area contributed by atoms with Gasteiger partial charge in [0.15, 0.2) is 5.82 Å². The van der Waals surface area contributed by atoms with Crippen LogP contribution >= 0.6 is 11.6 Å². The van der Waals surface area contributed by atoms with E-state index in [1.54, 1.807) is 6.20 Å². The second kappa shape index (κ2) is 6.48. The molecule has 2 aromatic rings. The molecule has 2 aromatic heterocycles. The highest BCUT2D eigenvalue weighted by Crippen LogP contribution is 2.33. The van der Waals surface area contributed by atoms with E-state index < -0.39 is 0 Å². The molecule has 0 bridgehead atoms. The molecule has 0 unspecified atom stereocenters. The van der Waals surface area contributed by atoms with Crippen LogP contribution in [0.25, 0.3) is 0 Å². The maximum atomic E-state index is 12.1. The molecule has 0 aromatic carbocycles. The van der Waals surface area contributed by atoms with Crippen LogP contribution in [0.4, 0.5) is 5.82 Å². The SMILES string of the molecule is Cc1cc(CC(=O)Nc2cc([C@H]3C[CH]CC3)[nH]n2)ncc1Cl. The van der Waals surface area contributed by atoms with Crippen molar-refractivity contribution in [2.24, 2.45) is 0 Å². The Morgan fingerprint density at radius 1 is 1.50 bits per heavy atom. The summed E-state index contributed by atoms with van der Waals surface area (Å²) < 4.78 is 0. The average molecular weight is 318 g/mol. The molecule has 22 heavy (non-hydrogen) atoms. The summed E-state index contributed by atoms with van der Waals surface area (Å²) in [6, 6.07) is 3.74. The zero-order chi connectivity index (χ0) is 15.5. The molecule has 6 heteroatoms. The van der Waals surface area contributed by atoms with Crippen molar-refractivity contribution in [3.63, 3.8) is 0 Å². The zero-order valence-corrected chi connectivity index (χ0v) is 13.2. The normalized spacial score (nSPS) is 15.2. The number of aromatic amines is 1. The van der Waals surface area contributed by atoms with Gasteiger partial charge in [0.25, 0.3) is 0 Å². The van der Waals surface area contributed by atoms with E-state index >= 15 is 0 Å². The number of amides is 1. The third-order valence-electron chi connectivity index (χ3n) is 3.92. The summed E-state index contributed by atoms with van der Waals surface area (Å²) in [4.78, 5) is 16.2. The number of nitrogens with zero attached hydrogens (tertiary/aromatic N) is 2. The van der Waals surface area contributed by atoms with Crippen LogP contribution in [0, 0.1) is 13.3 Å². The van der Waals surface area contributed by atoms with Gasteiger partial charge in [-0.25, -0.2) is 0 Å². The van der Waals surface area contributed by atoms with Crippen molar-refractivity contribution < 1.29 is 4.79 Å². The molecule has 5 nitrogen and oxygen atoms in total. The van der Waals surface area contributed by atoms with Crippen LogP contribution in [-0.2, 0) is 11.2 Å². The number of carbonyl (C=O) groups is 1. The van der Waals surface area contributed by atoms with E-state index in [4.69, 9.17) is 11.6 Å². The van der Waals surface area contributed by atoms with E-state index in [1.165, 1.54) is 0 Å². The summed E-state index contributed by atoms with van der Waals surface area (Å²) in [7, 11) is 0. The second-order valence-electron chi connectivity index (χ2n) is 5.66. The molecule has 1 atom stereocenters. The number of H-pyrrole nitrogens is 1. The maximum Gasteiger partial charge on any atom is 0.231 e. The van der Waals surface area contributed by atoms with Gasteiger partial charge in [0.2, 0.25) is 5.91 Å². The molecule has 115 valence electrons. The summed E-state index contributed by atoms with van der Waals surface area (Å²) in [5.74, 6) is 0.932. The first kappa shape index (κ1) is 15.0. The number of halogens is 1. The molecule has 3 rings (SSSR count). The number of carbonyl (C=O) groups excluding carboxylic acids is 1. The molecule has 1 fully saturated rings. The highest BCUT2D eigenvalue weighted by Gasteiger charge is 2.19. The van der Waals surface area contributed by atoms with Crippen molar-refractivity contribution in [2.75, 3.05) is 5.32 Å². The van der Waals surface area contributed by atoms with Gasteiger partial charge in [-0.3, -0.25) is 14.9 Å². The smallest absolute Gasteiger partial charge is 0.231 e. The monoisotopic (exact) mass is 317 g/mol. The van der Waals surface area contributed by atoms with E-state index in [2.05, 4.69) is 26.9 Å². The molecule has 0 spiro atoms. The molecule has 1 aliphatic carbocycles. The Bertz CT molecular complexity index is 677. The summed E-state index contributed by atoms with van der Waals surface area (Å²) in [6.07, 6.45) is 7.43. The van der Waals surface area contributed by atoms with E-state index in [0.717, 1.165) is 30.5 Å². The van der Waals surface area contributed by atoms with Crippen molar-refractivity contribution in [3.8, 4) is 0 Å². The molecule has 1 saturated carbocycles. The Morgan fingerprint density at radius 3 is 3.09 bits per heavy atom. The van der Waals surface area contributed by atoms with Gasteiger partial charge in [-0.15, -0.1) is 0 Å². The van der Waals surface area contributed by atoms with Crippen molar-refractivity contribution in [1.29, 1.82) is 0 Å². The van der Waals surface area contributed by atoms with Crippen LogP contribution in [0.2, 0.25) is 5.02 Å². The molecular formula is C16H18ClN4O. The number of rotatable bonds is 4. The number of aryl methyl sites for hydroxylation is 1. The van der Waals surface area contributed by atoms with Crippen molar-refractivity contribution in [3.05, 3.63) is 46.7 Å². The van der Waals surface area contributed by atoms with Crippen molar-refractivity contribution in [2.45, 2.75) is 38.5 Å². The predicted molar refractivity (Wildman–Crippen MR) is 85.8 cm³/mol. The first-order chi connectivity index (χ1) is 10.6. The second-order valence-corrected chi connectivity index (χ2v) is 6.06. The molecular weight excluding hydrogens is 300 g/mol. The van der Waals surface area contributed by atoms with Gasteiger partial charge in [0, 0.05) is 23.9 Å². The average Bonchev–Trinajstić information content (AvgIpc) is 3.13. The van der Waals surface area contributed by atoms with E-state index in [9.17, 15) is 4.79 Å². The lowest BCUT2D eigenvalue weighted by molar-refractivity contribution is -0.115. The lowest BCUT2D eigenvalue weighted by Crippen LogP contribution is -2.15. The maximum absolute atomic E-state index is 12.1. The molecule has 1 radical (unpaired) electrons. The van der Waals surface area contributed by atoms with Crippen LogP contribution in [-0.4, -0.2) is 21.1 Å². The van der Waals surface area contributed by atoms with Gasteiger partial charge in [-0.2, -0.15) is 5.10 Å². The number of anilines is 1. The molecule has 1 amide bonds. The van der Waals surface area contributed by atoms with Gasteiger partial charge in [0.05, 0.1) is 17.1 Å². The van der Waals surface area contributed by atoms with Gasteiger partial charge in [-0.1, -0.05) is 11.6 Å². The number of hydrogen-bond acceptors (Lipinski definition) is 3. The molecule has 1 aliphatic rings. The van der Waals surface area contributed by atoms with Crippen LogP contribution < -0.4 is 5.32 Å². The van der Waals surface area contributed by atoms with Crippen LogP contribution in [0.1, 0.15) is 42.1 Å². The fourth-order valence-corrected chi connectivity index (χ4v) is 2.80. The Labute approximate surface area is 134 Å². The van der Waals surface area contributed by atoms with Gasteiger partial charge < -0.3 is 5.32 Å². The molecule has 0 saturated heterocycles. The first-order valence-electron chi connectivity index (χ1n) is 7.39. The topological polar surface area (TPSA) is 70.7 Å². The molecule has 0 aliphatic heterocycles. The molecule has 2 heterocycles. The number of aromatic nitrogens is 3. The van der Waals surface area contributed by atoms with Gasteiger partial charge in [0.1, 0.15) is 0 Å². The van der Waals surface area contributed by atoms with E-state index in [-0.39, 0.29) is 12.3 Å². The summed E-state index contributed by atoms with van der Waals surface area (Å²) in [5, 5.41) is 10.6. The highest BCUT2D eigenvalue weighted by atomic mass is 35.5. The number of pyridine rings is 1. The van der Waals surface area contributed by atoms with Crippen molar-refractivity contribution in [1.82, 2.24) is 15.2 Å². The predicted octanol–water partition coefficient (Wildman–Crippen LogP) is 3.42. The van der Waals surface area contributed by atoms with Gasteiger partial charge >= 0.3 is 0 Å². The number of nitrogens with one attached hydrogen (secondary N) is 2. The fraction of sp³-hybridized carbons (Fsp3) is 0.375. The van der Waals surface area contributed by atoms with Crippen LogP contribution in [0.15, 0.2) is 18.3 Å². The Balaban J connectivity index is 1.60. The largest absolute Gasteiger partial charge is 0.309 e. The fourth-order valence-electron chi connectivity index (χ4n) is 2.69. The lowest BCUT2D eigenvalue weighted by atomic mass is 10.0. The quantitative estimate of drug-likeness (QED) is 0.907. The lowest BCUT2D eigenvalue weighted by Gasteiger charge is -2.04. The standard InChI is InChI=1S/C16H18ClN4O/c1-10-6-12(18-9-13(10)17)7-16(22)19-15-8-14(20-21-15)11-4-2-3-5-11/h2,6,8-9,11H,3-5,7H2,1H3,(H2,19,20,21,22)/t11-/m0/s1. The number of hydrogen-bond donors (Lipinski definition) is 2. The third-order valence-corrected chi connectivity index (χ3v) is 4.32. The Morgan fingerprint density at radius 2 is 2.36 bits per heavy atom. The minimum absolute atomic E-state index is 0.134. The highest BCUT2D eigenvalue weighted by molar-refractivity contribution is 6.31. The zero-order valence-electron chi connectivity index (χ0n) is 12.4. The van der Waals surface area contributed by atoms with Crippen LogP contribution in [0.5, 0.6) is 0 Å². The molecule has 2 N–H and O–H groups in total. The Kier molecular flexibility index (Phi) is 4.43. The first-order valence-corrected chi connectivity index (χ1v) is 7.77. The van der Waals surface area contributed by atoms with Crippen LogP contribution in [0.3, 0.4) is 0 Å². The summed E-state index contributed by atoms with van der Waals surface area (Å²) in [6.45, 7) is 1.89. The van der Waals surface area contributed by atoms with Gasteiger partial charge in [-0.05, 0) is 44.2 Å². The minimum atomic E-state index is -0.134. The minimum Gasteiger partial charge on any atom is -0.309 e. The van der Waals surface area contributed by atoms with E-state index in [1.807, 2.05) is 19.1 Å². The summed E-state index contributed by atoms with van der Waals surface area (Å²) >= 11 is 5.93. The van der Waals surface area contributed by atoms with Crippen molar-refractivity contribution >= 4 is 23.3 Å².